The quantitative estimate of drug-likeness (QED) is 0.697. The number of sulfonamides is 1. The highest BCUT2D eigenvalue weighted by molar-refractivity contribution is 7.89. The third-order valence-corrected chi connectivity index (χ3v) is 4.06. The number of carbonyl (C=O) groups is 1. The summed E-state index contributed by atoms with van der Waals surface area (Å²) in [4.78, 5) is 14.3. The molecule has 0 atom stereocenters. The van der Waals surface area contributed by atoms with Gasteiger partial charge in [0.1, 0.15) is 18.0 Å². The number of nitrogens with one attached hydrogen (secondary N) is 2. The summed E-state index contributed by atoms with van der Waals surface area (Å²) in [6.07, 6.45) is 1.58. The van der Waals surface area contributed by atoms with Crippen molar-refractivity contribution >= 4 is 16.0 Å². The van der Waals surface area contributed by atoms with Crippen molar-refractivity contribution in [2.75, 3.05) is 6.54 Å². The lowest BCUT2D eigenvalue weighted by Crippen LogP contribution is -2.26. The first-order valence-electron chi connectivity index (χ1n) is 5.77. The maximum atomic E-state index is 13.2. The van der Waals surface area contributed by atoms with Crippen LogP contribution < -0.4 is 4.72 Å². The molecule has 0 unspecified atom stereocenters. The smallest absolute Gasteiger partial charge is 0.338 e. The Bertz CT molecular complexity index is 746. The van der Waals surface area contributed by atoms with E-state index in [0.29, 0.717) is 5.82 Å². The van der Waals surface area contributed by atoms with Gasteiger partial charge in [-0.3, -0.25) is 5.10 Å². The van der Waals surface area contributed by atoms with Crippen molar-refractivity contribution in [1.29, 1.82) is 0 Å². The number of carboxylic acids is 1. The molecule has 21 heavy (non-hydrogen) atoms. The van der Waals surface area contributed by atoms with Gasteiger partial charge in [0.15, 0.2) is 0 Å². The van der Waals surface area contributed by atoms with Gasteiger partial charge in [-0.25, -0.2) is 27.3 Å². The molecule has 1 aromatic carbocycles. The first kappa shape index (κ1) is 15.1. The summed E-state index contributed by atoms with van der Waals surface area (Å²) < 4.78 is 39.4. The van der Waals surface area contributed by atoms with Gasteiger partial charge >= 0.3 is 5.97 Å². The van der Waals surface area contributed by atoms with E-state index in [1.54, 1.807) is 0 Å². The molecule has 0 amide bonds. The van der Waals surface area contributed by atoms with E-state index in [9.17, 15) is 17.6 Å². The molecule has 0 bridgehead atoms. The number of hydrogen-bond acceptors (Lipinski definition) is 5. The highest BCUT2D eigenvalue weighted by Crippen LogP contribution is 2.15. The number of H-pyrrole nitrogens is 1. The number of rotatable bonds is 6. The molecule has 8 nitrogen and oxygen atoms in total. The molecule has 10 heteroatoms. The molecule has 112 valence electrons. The zero-order chi connectivity index (χ0) is 15.5. The van der Waals surface area contributed by atoms with E-state index in [2.05, 4.69) is 19.9 Å². The van der Waals surface area contributed by atoms with Crippen LogP contribution >= 0.6 is 0 Å². The molecule has 0 aliphatic carbocycles. The van der Waals surface area contributed by atoms with Gasteiger partial charge in [-0.1, -0.05) is 0 Å². The second-order valence-corrected chi connectivity index (χ2v) is 5.79. The number of hydrogen-bond donors (Lipinski definition) is 3. The number of halogens is 1. The fourth-order valence-electron chi connectivity index (χ4n) is 1.57. The Morgan fingerprint density at radius 1 is 1.43 bits per heavy atom. The Labute approximate surface area is 119 Å². The van der Waals surface area contributed by atoms with Gasteiger partial charge < -0.3 is 5.11 Å². The second-order valence-electron chi connectivity index (χ2n) is 4.03. The molecule has 2 rings (SSSR count). The highest BCUT2D eigenvalue weighted by Gasteiger charge is 2.18. The second kappa shape index (κ2) is 5.97. The van der Waals surface area contributed by atoms with Crippen LogP contribution in [0.3, 0.4) is 0 Å². The fraction of sp³-hybridized carbons (Fsp3) is 0.182. The van der Waals surface area contributed by atoms with Crippen molar-refractivity contribution < 1.29 is 22.7 Å². The molecule has 1 aromatic heterocycles. The Morgan fingerprint density at radius 2 is 2.19 bits per heavy atom. The molecule has 0 spiro atoms. The van der Waals surface area contributed by atoms with Crippen molar-refractivity contribution in [2.45, 2.75) is 11.3 Å². The van der Waals surface area contributed by atoms with E-state index in [0.717, 1.165) is 18.2 Å². The molecule has 0 saturated carbocycles. The third-order valence-electron chi connectivity index (χ3n) is 2.60. The summed E-state index contributed by atoms with van der Waals surface area (Å²) >= 11 is 0. The molecular formula is C11H11FN4O4S. The van der Waals surface area contributed by atoms with Gasteiger partial charge in [-0.15, -0.1) is 0 Å². The Morgan fingerprint density at radius 3 is 2.81 bits per heavy atom. The van der Waals surface area contributed by atoms with Crippen LogP contribution in [-0.2, 0) is 16.4 Å². The molecule has 1 heterocycles. The summed E-state index contributed by atoms with van der Waals surface area (Å²) in [7, 11) is -3.93. The van der Waals surface area contributed by atoms with Crippen molar-refractivity contribution in [2.24, 2.45) is 0 Å². The average molecular weight is 314 g/mol. The van der Waals surface area contributed by atoms with E-state index >= 15 is 0 Å². The first-order chi connectivity index (χ1) is 9.90. The summed E-state index contributed by atoms with van der Waals surface area (Å²) in [5.74, 6) is -2.03. The van der Waals surface area contributed by atoms with E-state index < -0.39 is 27.4 Å². The van der Waals surface area contributed by atoms with Crippen LogP contribution in [0, 0.1) is 5.82 Å². The lowest BCUT2D eigenvalue weighted by molar-refractivity contribution is 0.0691. The molecule has 0 aliphatic rings. The van der Waals surface area contributed by atoms with Gasteiger partial charge in [-0.05, 0) is 18.2 Å². The summed E-state index contributed by atoms with van der Waals surface area (Å²) in [6.45, 7) is 0.0390. The maximum Gasteiger partial charge on any atom is 0.338 e. The lowest BCUT2D eigenvalue weighted by atomic mass is 10.2. The van der Waals surface area contributed by atoms with Crippen LogP contribution in [0.2, 0.25) is 0 Å². The minimum atomic E-state index is -3.93. The van der Waals surface area contributed by atoms with Gasteiger partial charge in [0.25, 0.3) is 0 Å². The minimum absolute atomic E-state index is 0.0390. The molecule has 0 saturated heterocycles. The van der Waals surface area contributed by atoms with Crippen LogP contribution in [0.5, 0.6) is 0 Å². The summed E-state index contributed by atoms with van der Waals surface area (Å²) in [5, 5.41) is 15.0. The third kappa shape index (κ3) is 3.61. The molecule has 2 aromatic rings. The van der Waals surface area contributed by atoms with Crippen LogP contribution in [0.25, 0.3) is 0 Å². The van der Waals surface area contributed by atoms with Crippen LogP contribution in [0.1, 0.15) is 16.2 Å². The van der Waals surface area contributed by atoms with Crippen LogP contribution in [0.4, 0.5) is 4.39 Å². The predicted octanol–water partition coefficient (Wildman–Crippen LogP) is 0.163. The Balaban J connectivity index is 2.12. The van der Waals surface area contributed by atoms with Crippen molar-refractivity contribution in [3.63, 3.8) is 0 Å². The summed E-state index contributed by atoms with van der Waals surface area (Å²) in [5.41, 5.74) is -0.701. The number of aromatic amines is 1. The van der Waals surface area contributed by atoms with Crippen molar-refractivity contribution in [1.82, 2.24) is 19.9 Å². The molecule has 3 N–H and O–H groups in total. The Kier molecular flexibility index (Phi) is 4.29. The van der Waals surface area contributed by atoms with Crippen LogP contribution in [0.15, 0.2) is 29.4 Å². The average Bonchev–Trinajstić information content (AvgIpc) is 2.91. The highest BCUT2D eigenvalue weighted by atomic mass is 32.2. The SMILES string of the molecule is O=C(O)c1cc(S(=O)(=O)NCCc2ncn[nH]2)ccc1F. The lowest BCUT2D eigenvalue weighted by Gasteiger charge is -2.07. The number of aromatic nitrogens is 3. The zero-order valence-corrected chi connectivity index (χ0v) is 11.4. The fourth-order valence-corrected chi connectivity index (χ4v) is 2.63. The monoisotopic (exact) mass is 314 g/mol. The molecule has 0 fully saturated rings. The van der Waals surface area contributed by atoms with E-state index in [4.69, 9.17) is 5.11 Å². The van der Waals surface area contributed by atoms with Crippen LogP contribution in [-0.4, -0.2) is 41.2 Å². The number of benzene rings is 1. The largest absolute Gasteiger partial charge is 0.478 e. The molecule has 0 radical (unpaired) electrons. The maximum absolute atomic E-state index is 13.2. The van der Waals surface area contributed by atoms with Gasteiger partial charge in [0, 0.05) is 13.0 Å². The van der Waals surface area contributed by atoms with Gasteiger partial charge in [-0.2, -0.15) is 5.10 Å². The molecule has 0 aliphatic heterocycles. The number of aromatic carboxylic acids is 1. The predicted molar refractivity (Wildman–Crippen MR) is 68.6 cm³/mol. The zero-order valence-electron chi connectivity index (χ0n) is 10.6. The van der Waals surface area contributed by atoms with Gasteiger partial charge in [0.05, 0.1) is 10.5 Å². The van der Waals surface area contributed by atoms with E-state index in [-0.39, 0.29) is 17.9 Å². The van der Waals surface area contributed by atoms with Crippen molar-refractivity contribution in [3.8, 4) is 0 Å². The minimum Gasteiger partial charge on any atom is -0.478 e. The molecular weight excluding hydrogens is 303 g/mol. The topological polar surface area (TPSA) is 125 Å². The van der Waals surface area contributed by atoms with Crippen molar-refractivity contribution in [3.05, 3.63) is 41.7 Å². The van der Waals surface area contributed by atoms with Gasteiger partial charge in [0.2, 0.25) is 10.0 Å². The first-order valence-corrected chi connectivity index (χ1v) is 7.25. The van der Waals surface area contributed by atoms with E-state index in [1.807, 2.05) is 0 Å². The standard InChI is InChI=1S/C11H11FN4O4S/c12-9-2-1-7(5-8(9)11(17)18)21(19,20)15-4-3-10-13-6-14-16-10/h1-2,5-6,15H,3-4H2,(H,17,18)(H,13,14,16). The normalized spacial score (nSPS) is 11.5. The summed E-state index contributed by atoms with van der Waals surface area (Å²) in [6, 6.07) is 2.57. The number of nitrogens with zero attached hydrogens (tertiary/aromatic N) is 2. The number of carboxylic acid groups (broad SMARTS) is 1. The Hall–Kier alpha value is -2.33. The van der Waals surface area contributed by atoms with E-state index in [1.165, 1.54) is 6.33 Å².